The Bertz CT molecular complexity index is 868. The van der Waals surface area contributed by atoms with Crippen molar-refractivity contribution in [3.05, 3.63) is 34.8 Å². The van der Waals surface area contributed by atoms with Crippen LogP contribution >= 0.6 is 11.3 Å². The fourth-order valence-corrected chi connectivity index (χ4v) is 2.98. The van der Waals surface area contributed by atoms with Crippen LogP contribution in [0, 0.1) is 0 Å². The highest BCUT2D eigenvalue weighted by Gasteiger charge is 2.09. The van der Waals surface area contributed by atoms with Crippen LogP contribution in [0.5, 0.6) is 11.5 Å². The fraction of sp³-hybridized carbons (Fsp3) is 0.400. The molecule has 0 atom stereocenters. The second kappa shape index (κ2) is 12.4. The molecule has 0 unspecified atom stereocenters. The monoisotopic (exact) mass is 435 g/mol. The molecule has 0 radical (unpaired) electrons. The molecule has 1 N–H and O–H groups in total. The Balaban J connectivity index is 1.92. The Hall–Kier alpha value is -3.14. The second-order valence-electron chi connectivity index (χ2n) is 5.81. The normalized spacial score (nSPS) is 10.6. The third-order valence-electron chi connectivity index (χ3n) is 3.61. The molecule has 0 bridgehead atoms. The molecule has 1 heterocycles. The van der Waals surface area contributed by atoms with Crippen molar-refractivity contribution in [2.24, 2.45) is 5.10 Å². The lowest BCUT2D eigenvalue weighted by molar-refractivity contribution is -0.144. The van der Waals surface area contributed by atoms with Gasteiger partial charge in [0.1, 0.15) is 0 Å². The number of benzene rings is 1. The number of nitrogens with zero attached hydrogens (tertiary/aromatic N) is 2. The molecule has 162 valence electrons. The smallest absolute Gasteiger partial charge is 0.311 e. The quantitative estimate of drug-likeness (QED) is 0.308. The van der Waals surface area contributed by atoms with E-state index in [1.54, 1.807) is 44.7 Å². The minimum atomic E-state index is -0.316. The first-order valence-electron chi connectivity index (χ1n) is 9.41. The first-order chi connectivity index (χ1) is 14.5. The highest BCUT2D eigenvalue weighted by Crippen LogP contribution is 2.27. The highest BCUT2D eigenvalue weighted by molar-refractivity contribution is 7.13. The maximum absolute atomic E-state index is 11.5. The predicted octanol–water partition coefficient (Wildman–Crippen LogP) is 3.04. The van der Waals surface area contributed by atoms with Gasteiger partial charge in [-0.2, -0.15) is 5.10 Å². The molecule has 1 aromatic heterocycles. The molecule has 0 saturated carbocycles. The Morgan fingerprint density at radius 1 is 1.17 bits per heavy atom. The third-order valence-corrected chi connectivity index (χ3v) is 4.41. The summed E-state index contributed by atoms with van der Waals surface area (Å²) in [6.07, 6.45) is 1.87. The van der Waals surface area contributed by atoms with Crippen LogP contribution < -0.4 is 14.9 Å². The van der Waals surface area contributed by atoms with Gasteiger partial charge in [0.25, 0.3) is 0 Å². The number of aromatic nitrogens is 1. The summed E-state index contributed by atoms with van der Waals surface area (Å²) in [5.74, 6) is 0.417. The zero-order valence-electron chi connectivity index (χ0n) is 17.2. The van der Waals surface area contributed by atoms with Gasteiger partial charge in [-0.3, -0.25) is 15.0 Å². The first kappa shape index (κ1) is 23.1. The molecule has 0 aliphatic rings. The maximum atomic E-state index is 11.5. The van der Waals surface area contributed by atoms with E-state index in [2.05, 4.69) is 15.5 Å². The third kappa shape index (κ3) is 7.70. The molecule has 0 fully saturated rings. The summed E-state index contributed by atoms with van der Waals surface area (Å²) in [7, 11) is 1.54. The molecule has 30 heavy (non-hydrogen) atoms. The number of ether oxygens (including phenoxy) is 4. The zero-order chi connectivity index (χ0) is 21.8. The summed E-state index contributed by atoms with van der Waals surface area (Å²) in [5.41, 5.74) is 4.22. The van der Waals surface area contributed by atoms with E-state index in [1.807, 2.05) is 6.07 Å². The fourth-order valence-electron chi connectivity index (χ4n) is 2.33. The van der Waals surface area contributed by atoms with Crippen molar-refractivity contribution in [2.45, 2.75) is 26.7 Å². The van der Waals surface area contributed by atoms with Gasteiger partial charge < -0.3 is 18.9 Å². The van der Waals surface area contributed by atoms with E-state index in [1.165, 1.54) is 11.3 Å². The topological polar surface area (TPSA) is 108 Å². The van der Waals surface area contributed by atoms with Crippen molar-refractivity contribution in [2.75, 3.05) is 32.4 Å². The van der Waals surface area contributed by atoms with Gasteiger partial charge in [-0.1, -0.05) is 0 Å². The van der Waals surface area contributed by atoms with Crippen molar-refractivity contribution in [1.29, 1.82) is 0 Å². The van der Waals surface area contributed by atoms with E-state index >= 15 is 0 Å². The van der Waals surface area contributed by atoms with Crippen LogP contribution in [0.3, 0.4) is 0 Å². The van der Waals surface area contributed by atoms with E-state index in [4.69, 9.17) is 18.9 Å². The molecule has 0 aliphatic heterocycles. The Labute approximate surface area is 179 Å². The van der Waals surface area contributed by atoms with Crippen LogP contribution in [-0.2, 0) is 25.5 Å². The summed E-state index contributed by atoms with van der Waals surface area (Å²) in [6, 6.07) is 5.32. The van der Waals surface area contributed by atoms with Crippen LogP contribution in [0.15, 0.2) is 28.7 Å². The number of methoxy groups -OCH3 is 1. The highest BCUT2D eigenvalue weighted by atomic mass is 32.1. The van der Waals surface area contributed by atoms with Crippen molar-refractivity contribution in [3.63, 3.8) is 0 Å². The lowest BCUT2D eigenvalue weighted by Gasteiger charge is -2.11. The summed E-state index contributed by atoms with van der Waals surface area (Å²) in [4.78, 5) is 27.2. The molecule has 0 spiro atoms. The molecule has 0 amide bonds. The molecule has 2 aromatic rings. The van der Waals surface area contributed by atoms with Crippen molar-refractivity contribution < 1.29 is 28.5 Å². The minimum absolute atomic E-state index is 0.126. The molecule has 2 rings (SSSR count). The number of hydrazone groups is 1. The summed E-state index contributed by atoms with van der Waals surface area (Å²) < 4.78 is 20.7. The molecular formula is C20H25N3O6S. The van der Waals surface area contributed by atoms with Gasteiger partial charge in [0.05, 0.1) is 51.7 Å². The van der Waals surface area contributed by atoms with Gasteiger partial charge in [-0.05, 0) is 37.6 Å². The molecule has 0 saturated heterocycles. The number of carbonyl (C=O) groups excluding carboxylic acids is 2. The van der Waals surface area contributed by atoms with Crippen molar-refractivity contribution in [1.82, 2.24) is 4.98 Å². The number of carbonyl (C=O) groups is 2. The maximum Gasteiger partial charge on any atom is 0.311 e. The number of rotatable bonds is 12. The van der Waals surface area contributed by atoms with Crippen LogP contribution in [0.4, 0.5) is 5.13 Å². The Morgan fingerprint density at radius 3 is 2.67 bits per heavy atom. The van der Waals surface area contributed by atoms with Gasteiger partial charge >= 0.3 is 11.9 Å². The predicted molar refractivity (Wildman–Crippen MR) is 113 cm³/mol. The zero-order valence-corrected chi connectivity index (χ0v) is 18.0. The Morgan fingerprint density at radius 2 is 1.93 bits per heavy atom. The first-order valence-corrected chi connectivity index (χ1v) is 10.3. The molecule has 10 heteroatoms. The van der Waals surface area contributed by atoms with E-state index in [-0.39, 0.29) is 31.4 Å². The number of anilines is 1. The average molecular weight is 436 g/mol. The largest absolute Gasteiger partial charge is 0.493 e. The van der Waals surface area contributed by atoms with E-state index in [9.17, 15) is 9.59 Å². The van der Waals surface area contributed by atoms with Crippen molar-refractivity contribution in [3.8, 4) is 11.5 Å². The van der Waals surface area contributed by atoms with Gasteiger partial charge in [0, 0.05) is 5.38 Å². The SMILES string of the molecule is CCOC(=O)CCOc1cc(C=NNc2nc(CC(=O)OCC)cs2)ccc1OC. The van der Waals surface area contributed by atoms with E-state index < -0.39 is 0 Å². The Kier molecular flexibility index (Phi) is 9.59. The number of esters is 2. The standard InChI is InChI=1S/C20H25N3O6S/c1-4-27-18(24)8-9-29-17-10-14(6-7-16(17)26-3)12-21-23-20-22-15(13-30-20)11-19(25)28-5-2/h6-7,10,12-13H,4-5,8-9,11H2,1-3H3,(H,22,23). The lowest BCUT2D eigenvalue weighted by atomic mass is 10.2. The van der Waals surface area contributed by atoms with Gasteiger partial charge in [0.2, 0.25) is 5.13 Å². The van der Waals surface area contributed by atoms with Gasteiger partial charge in [-0.15, -0.1) is 11.3 Å². The number of hydrogen-bond donors (Lipinski definition) is 1. The number of thiazole rings is 1. The van der Waals surface area contributed by atoms with Crippen LogP contribution in [0.1, 0.15) is 31.5 Å². The molecule has 9 nitrogen and oxygen atoms in total. The van der Waals surface area contributed by atoms with Crippen molar-refractivity contribution >= 4 is 34.6 Å². The molecular weight excluding hydrogens is 410 g/mol. The number of hydrogen-bond acceptors (Lipinski definition) is 10. The van der Waals surface area contributed by atoms with Crippen LogP contribution in [0.2, 0.25) is 0 Å². The van der Waals surface area contributed by atoms with Crippen LogP contribution in [0.25, 0.3) is 0 Å². The summed E-state index contributed by atoms with van der Waals surface area (Å²) >= 11 is 1.34. The average Bonchev–Trinajstić information content (AvgIpc) is 3.15. The van der Waals surface area contributed by atoms with E-state index in [0.29, 0.717) is 35.5 Å². The lowest BCUT2D eigenvalue weighted by Crippen LogP contribution is -2.10. The molecule has 0 aliphatic carbocycles. The van der Waals surface area contributed by atoms with E-state index in [0.717, 1.165) is 5.56 Å². The molecule has 1 aromatic carbocycles. The van der Waals surface area contributed by atoms with Crippen LogP contribution in [-0.4, -0.2) is 50.1 Å². The number of nitrogens with one attached hydrogen (secondary N) is 1. The second-order valence-corrected chi connectivity index (χ2v) is 6.67. The summed E-state index contributed by atoms with van der Waals surface area (Å²) in [6.45, 7) is 4.37. The van der Waals surface area contributed by atoms with Gasteiger partial charge in [0.15, 0.2) is 11.5 Å². The van der Waals surface area contributed by atoms with Gasteiger partial charge in [-0.25, -0.2) is 4.98 Å². The summed E-state index contributed by atoms with van der Waals surface area (Å²) in [5, 5.41) is 6.49. The minimum Gasteiger partial charge on any atom is -0.493 e.